The zero-order valence-corrected chi connectivity index (χ0v) is 13.9. The average Bonchev–Trinajstić information content (AvgIpc) is 2.30. The molecule has 0 aliphatic rings. The summed E-state index contributed by atoms with van der Waals surface area (Å²) in [6.45, 7) is 0.103. The van der Waals surface area contributed by atoms with E-state index in [1.54, 1.807) is 21.1 Å². The first-order chi connectivity index (χ1) is 10.4. The van der Waals surface area contributed by atoms with Gasteiger partial charge in [-0.2, -0.15) is 51.3 Å². The number of hydrogen-bond acceptors (Lipinski definition) is 2. The Kier molecular flexibility index (Phi) is 7.37. The molecule has 0 aromatic rings. The average molecular weight is 395 g/mol. The topological polar surface area (TPSA) is 23.1 Å². The van der Waals surface area contributed by atoms with Crippen LogP contribution in [0, 0.1) is 0 Å². The monoisotopic (exact) mass is 395 g/mol. The molecule has 0 aromatic carbocycles. The summed E-state index contributed by atoms with van der Waals surface area (Å²) in [4.78, 5) is 0. The van der Waals surface area contributed by atoms with E-state index in [1.165, 1.54) is 0 Å². The Morgan fingerprint density at radius 3 is 1.71 bits per heavy atom. The van der Waals surface area contributed by atoms with Crippen LogP contribution in [0.1, 0.15) is 6.42 Å². The van der Waals surface area contributed by atoms with Crippen LogP contribution >= 0.6 is 11.8 Å². The third-order valence-electron chi connectivity index (χ3n) is 2.83. The fourth-order valence-corrected chi connectivity index (χ4v) is 2.58. The van der Waals surface area contributed by atoms with Gasteiger partial charge in [0.25, 0.3) is 0 Å². The first-order valence-electron chi connectivity index (χ1n) is 6.59. The van der Waals surface area contributed by atoms with Crippen molar-refractivity contribution in [3.8, 4) is 0 Å². The third-order valence-corrected chi connectivity index (χ3v) is 3.93. The van der Waals surface area contributed by atoms with Crippen molar-refractivity contribution in [3.63, 3.8) is 0 Å². The molecule has 0 aromatic heterocycles. The minimum absolute atomic E-state index is 0.103. The first-order valence-corrected chi connectivity index (χ1v) is 7.75. The molecule has 0 amide bonds. The van der Waals surface area contributed by atoms with Crippen LogP contribution in [0.2, 0.25) is 0 Å². The molecule has 1 unspecified atom stereocenters. The highest BCUT2D eigenvalue weighted by molar-refractivity contribution is 7.99. The maximum Gasteiger partial charge on any atom is 0.460 e. The molecule has 146 valence electrons. The van der Waals surface area contributed by atoms with Gasteiger partial charge in [-0.1, -0.05) is 6.10 Å². The van der Waals surface area contributed by atoms with Gasteiger partial charge in [0, 0.05) is 6.42 Å². The van der Waals surface area contributed by atoms with Crippen LogP contribution < -0.4 is 5.11 Å². The molecule has 0 radical (unpaired) electrons. The molecule has 0 saturated heterocycles. The number of alkyl halides is 9. The van der Waals surface area contributed by atoms with Crippen molar-refractivity contribution in [2.45, 2.75) is 36.5 Å². The van der Waals surface area contributed by atoms with Gasteiger partial charge >= 0.3 is 23.9 Å². The summed E-state index contributed by atoms with van der Waals surface area (Å²) >= 11 is 0.501. The van der Waals surface area contributed by atoms with Crippen molar-refractivity contribution in [3.05, 3.63) is 0 Å². The molecular weight excluding hydrogens is 377 g/mol. The molecule has 0 bridgehead atoms. The SMILES string of the molecule is C[N+](C)(C)CC([O-])CSCCC(F)(F)C(F)(F)C(F)(F)C(F)(F)F. The molecular formula is C12H18F9NOS. The van der Waals surface area contributed by atoms with Crippen molar-refractivity contribution < 1.29 is 49.1 Å². The Hall–Kier alpha value is -0.360. The van der Waals surface area contributed by atoms with E-state index in [1.807, 2.05) is 0 Å². The molecule has 0 N–H and O–H groups in total. The molecule has 0 aliphatic heterocycles. The van der Waals surface area contributed by atoms with Crippen molar-refractivity contribution in [1.82, 2.24) is 0 Å². The van der Waals surface area contributed by atoms with Gasteiger partial charge in [0.05, 0.1) is 27.7 Å². The molecule has 1 atom stereocenters. The molecule has 0 rings (SSSR count). The second-order valence-corrected chi connectivity index (χ2v) is 7.42. The number of quaternary nitrogens is 1. The largest absolute Gasteiger partial charge is 0.847 e. The fourth-order valence-electron chi connectivity index (χ4n) is 1.64. The van der Waals surface area contributed by atoms with E-state index in [0.717, 1.165) is 0 Å². The van der Waals surface area contributed by atoms with Gasteiger partial charge in [0.2, 0.25) is 0 Å². The molecule has 12 heteroatoms. The maximum atomic E-state index is 13.2. The minimum Gasteiger partial charge on any atom is -0.847 e. The van der Waals surface area contributed by atoms with Gasteiger partial charge < -0.3 is 9.59 Å². The molecule has 24 heavy (non-hydrogen) atoms. The molecule has 0 heterocycles. The summed E-state index contributed by atoms with van der Waals surface area (Å²) in [5.74, 6) is -20.1. The lowest BCUT2D eigenvalue weighted by Gasteiger charge is -2.34. The number of rotatable bonds is 9. The molecule has 0 aliphatic carbocycles. The second-order valence-electron chi connectivity index (χ2n) is 6.27. The van der Waals surface area contributed by atoms with Crippen molar-refractivity contribution in [2.24, 2.45) is 0 Å². The van der Waals surface area contributed by atoms with Crippen LogP contribution in [0.5, 0.6) is 0 Å². The highest BCUT2D eigenvalue weighted by atomic mass is 32.2. The van der Waals surface area contributed by atoms with E-state index in [2.05, 4.69) is 0 Å². The molecule has 0 spiro atoms. The first kappa shape index (κ1) is 23.6. The second kappa shape index (κ2) is 7.48. The number of hydrogen-bond donors (Lipinski definition) is 0. The van der Waals surface area contributed by atoms with E-state index in [9.17, 15) is 44.6 Å². The lowest BCUT2D eigenvalue weighted by atomic mass is 10.0. The quantitative estimate of drug-likeness (QED) is 0.340. The Balaban J connectivity index is 4.70. The van der Waals surface area contributed by atoms with Crippen LogP contribution in [0.4, 0.5) is 39.5 Å². The van der Waals surface area contributed by atoms with E-state index in [0.29, 0.717) is 11.8 Å². The van der Waals surface area contributed by atoms with Crippen LogP contribution in [0.25, 0.3) is 0 Å². The van der Waals surface area contributed by atoms with Crippen molar-refractivity contribution >= 4 is 11.8 Å². The zero-order valence-electron chi connectivity index (χ0n) is 13.1. The zero-order chi connectivity index (χ0) is 19.6. The summed E-state index contributed by atoms with van der Waals surface area (Å²) in [5.41, 5.74) is 0. The predicted molar refractivity (Wildman–Crippen MR) is 69.5 cm³/mol. The normalized spacial score (nSPS) is 16.4. The lowest BCUT2D eigenvalue weighted by molar-refractivity contribution is -0.879. The summed E-state index contributed by atoms with van der Waals surface area (Å²) in [6, 6.07) is 0. The lowest BCUT2D eigenvalue weighted by Crippen LogP contribution is -2.60. The Morgan fingerprint density at radius 2 is 1.33 bits per heavy atom. The smallest absolute Gasteiger partial charge is 0.460 e. The Labute approximate surface area is 137 Å². The van der Waals surface area contributed by atoms with Crippen LogP contribution in [-0.2, 0) is 0 Å². The number of thioether (sulfide) groups is 1. The van der Waals surface area contributed by atoms with Crippen LogP contribution in [0.15, 0.2) is 0 Å². The highest BCUT2D eigenvalue weighted by Gasteiger charge is 2.81. The van der Waals surface area contributed by atoms with Crippen LogP contribution in [-0.4, -0.2) is 73.7 Å². The van der Waals surface area contributed by atoms with Gasteiger partial charge in [0.15, 0.2) is 0 Å². The van der Waals surface area contributed by atoms with E-state index < -0.39 is 42.2 Å². The summed E-state index contributed by atoms with van der Waals surface area (Å²) < 4.78 is 114. The molecule has 0 fully saturated rings. The minimum atomic E-state index is -6.86. The van der Waals surface area contributed by atoms with Gasteiger partial charge in [-0.25, -0.2) is 0 Å². The van der Waals surface area contributed by atoms with Crippen molar-refractivity contribution in [1.29, 1.82) is 0 Å². The predicted octanol–water partition coefficient (Wildman–Crippen LogP) is 3.01. The highest BCUT2D eigenvalue weighted by Crippen LogP contribution is 2.54. The third kappa shape index (κ3) is 5.87. The standard InChI is InChI=1S/C12H18F9NOS/c1-22(2,3)6-8(23)7-24-5-4-9(13,14)10(15,16)11(17,18)12(19,20)21/h8H,4-7H2,1-3H3. The summed E-state index contributed by atoms with van der Waals surface area (Å²) in [6.07, 6.45) is -9.94. The number of likely N-dealkylation sites (N-methyl/N-ethyl adjacent to an activating group) is 1. The van der Waals surface area contributed by atoms with E-state index in [-0.39, 0.29) is 16.8 Å². The number of nitrogens with zero attached hydrogens (tertiary/aromatic N) is 1. The van der Waals surface area contributed by atoms with Gasteiger partial charge in [-0.3, -0.25) is 0 Å². The Bertz CT molecular complexity index is 406. The summed E-state index contributed by atoms with van der Waals surface area (Å²) in [7, 11) is 5.05. The van der Waals surface area contributed by atoms with E-state index >= 15 is 0 Å². The molecule has 0 saturated carbocycles. The number of halogens is 9. The van der Waals surface area contributed by atoms with Gasteiger partial charge in [-0.15, -0.1) is 0 Å². The fraction of sp³-hybridized carbons (Fsp3) is 1.00. The molecule has 2 nitrogen and oxygen atoms in total. The summed E-state index contributed by atoms with van der Waals surface area (Å²) in [5, 5.41) is 11.5. The van der Waals surface area contributed by atoms with Gasteiger partial charge in [0.1, 0.15) is 0 Å². The van der Waals surface area contributed by atoms with Crippen LogP contribution in [0.3, 0.4) is 0 Å². The van der Waals surface area contributed by atoms with Crippen molar-refractivity contribution in [2.75, 3.05) is 39.2 Å². The maximum absolute atomic E-state index is 13.2. The van der Waals surface area contributed by atoms with E-state index in [4.69, 9.17) is 0 Å². The van der Waals surface area contributed by atoms with Gasteiger partial charge in [-0.05, 0) is 11.5 Å². The Morgan fingerprint density at radius 1 is 0.875 bits per heavy atom.